The van der Waals surface area contributed by atoms with Crippen molar-refractivity contribution in [3.8, 4) is 0 Å². The molecule has 5 N–H and O–H groups in total. The largest absolute Gasteiger partial charge is 0.480 e. The Morgan fingerprint density at radius 2 is 1.67 bits per heavy atom. The molecule has 0 bridgehead atoms. The molecule has 0 aliphatic rings. The van der Waals surface area contributed by atoms with E-state index in [2.05, 4.69) is 10.6 Å². The van der Waals surface area contributed by atoms with Gasteiger partial charge in [-0.3, -0.25) is 9.59 Å². The minimum atomic E-state index is -1.13. The Morgan fingerprint density at radius 1 is 1.03 bits per heavy atom. The van der Waals surface area contributed by atoms with E-state index in [1.165, 1.54) is 0 Å². The lowest BCUT2D eigenvalue weighted by atomic mass is 9.98. The van der Waals surface area contributed by atoms with Crippen LogP contribution in [0.4, 0.5) is 0 Å². The molecule has 8 heteroatoms. The normalized spacial score (nSPS) is 13.7. The summed E-state index contributed by atoms with van der Waals surface area (Å²) >= 11 is 5.20. The number of benzene rings is 1. The van der Waals surface area contributed by atoms with Gasteiger partial charge in [0, 0.05) is 11.3 Å². The molecule has 2 amide bonds. The van der Waals surface area contributed by atoms with Gasteiger partial charge in [0.25, 0.3) is 0 Å². The predicted molar refractivity (Wildman–Crippen MR) is 121 cm³/mol. The molecule has 0 heterocycles. The number of carboxylic acid groups (broad SMARTS) is 1. The van der Waals surface area contributed by atoms with Gasteiger partial charge in [-0.15, -0.1) is 0 Å². The maximum absolute atomic E-state index is 12.9. The summed E-state index contributed by atoms with van der Waals surface area (Å²) in [5, 5.41) is 14.9. The lowest BCUT2D eigenvalue weighted by Crippen LogP contribution is -2.53. The molecular formula is C22H33N3O4S. The van der Waals surface area contributed by atoms with Crippen molar-refractivity contribution in [1.29, 1.82) is 0 Å². The summed E-state index contributed by atoms with van der Waals surface area (Å²) in [7, 11) is 0. The van der Waals surface area contributed by atoms with Gasteiger partial charge in [-0.25, -0.2) is 4.79 Å². The Bertz CT molecular complexity index is 712. The average molecular weight is 436 g/mol. The number of hydrogen-bond acceptors (Lipinski definition) is 5. The van der Waals surface area contributed by atoms with Gasteiger partial charge in [0.15, 0.2) is 0 Å². The summed E-state index contributed by atoms with van der Waals surface area (Å²) in [6.07, 6.45) is 3.26. The highest BCUT2D eigenvalue weighted by Crippen LogP contribution is 2.12. The van der Waals surface area contributed by atoms with E-state index in [-0.39, 0.29) is 12.3 Å². The van der Waals surface area contributed by atoms with E-state index in [4.69, 9.17) is 18.0 Å². The van der Waals surface area contributed by atoms with Crippen LogP contribution >= 0.6 is 12.2 Å². The average Bonchev–Trinajstić information content (AvgIpc) is 2.71. The first-order chi connectivity index (χ1) is 14.3. The Kier molecular flexibility index (Phi) is 11.8. The Hall–Kier alpha value is -2.32. The van der Waals surface area contributed by atoms with Gasteiger partial charge in [-0.05, 0) is 44.7 Å². The Labute approximate surface area is 183 Å². The molecule has 0 aromatic heterocycles. The molecule has 0 radical (unpaired) electrons. The highest BCUT2D eigenvalue weighted by Gasteiger charge is 2.29. The quantitative estimate of drug-likeness (QED) is 0.263. The van der Waals surface area contributed by atoms with Gasteiger partial charge in [-0.2, -0.15) is 0 Å². The monoisotopic (exact) mass is 435 g/mol. The van der Waals surface area contributed by atoms with E-state index in [0.29, 0.717) is 37.1 Å². The summed E-state index contributed by atoms with van der Waals surface area (Å²) in [6, 6.07) is 7.15. The highest BCUT2D eigenvalue weighted by molar-refractivity contribution is 7.80. The SMILES string of the molecule is CCCC(C(=O)NC(CCCCN)C(=O)NC(Cc1ccccc1)C(=O)O)C(C)=S. The fourth-order valence-corrected chi connectivity index (χ4v) is 3.39. The standard InChI is InChI=1S/C22H33N3O4S/c1-3-9-17(15(2)30)20(26)24-18(12-7-8-13-23)21(27)25-19(22(28)29)14-16-10-5-4-6-11-16/h4-6,10-11,17-19H,3,7-9,12-14,23H2,1-2H3,(H,24,26)(H,25,27)(H,28,29). The van der Waals surface area contributed by atoms with Crippen molar-refractivity contribution >= 4 is 34.9 Å². The van der Waals surface area contributed by atoms with Gasteiger partial charge in [0.05, 0.1) is 5.92 Å². The molecule has 166 valence electrons. The van der Waals surface area contributed by atoms with E-state index < -0.39 is 29.9 Å². The second-order valence-corrected chi connectivity index (χ2v) is 8.03. The number of hydrogen-bond donors (Lipinski definition) is 4. The molecule has 0 saturated carbocycles. The van der Waals surface area contributed by atoms with E-state index in [1.807, 2.05) is 25.1 Å². The van der Waals surface area contributed by atoms with E-state index in [0.717, 1.165) is 12.0 Å². The maximum Gasteiger partial charge on any atom is 0.326 e. The molecule has 30 heavy (non-hydrogen) atoms. The molecule has 0 aliphatic carbocycles. The zero-order valence-electron chi connectivity index (χ0n) is 17.7. The van der Waals surface area contributed by atoms with Crippen LogP contribution in [0.5, 0.6) is 0 Å². The van der Waals surface area contributed by atoms with Crippen LogP contribution in [0.25, 0.3) is 0 Å². The predicted octanol–water partition coefficient (Wildman–Crippen LogP) is 2.22. The maximum atomic E-state index is 12.9. The Balaban J connectivity index is 2.90. The lowest BCUT2D eigenvalue weighted by molar-refractivity contribution is -0.142. The number of rotatable bonds is 14. The summed E-state index contributed by atoms with van der Waals surface area (Å²) < 4.78 is 0. The van der Waals surface area contributed by atoms with Crippen LogP contribution in [-0.2, 0) is 20.8 Å². The molecule has 0 aliphatic heterocycles. The van der Waals surface area contributed by atoms with Gasteiger partial charge in [-0.1, -0.05) is 55.9 Å². The summed E-state index contributed by atoms with van der Waals surface area (Å²) in [5.41, 5.74) is 6.34. The van der Waals surface area contributed by atoms with Crippen LogP contribution in [0.15, 0.2) is 30.3 Å². The molecule has 0 spiro atoms. The van der Waals surface area contributed by atoms with Crippen LogP contribution in [0, 0.1) is 5.92 Å². The molecule has 1 aromatic rings. The van der Waals surface area contributed by atoms with Gasteiger partial charge >= 0.3 is 5.97 Å². The summed E-state index contributed by atoms with van der Waals surface area (Å²) in [4.78, 5) is 37.9. The van der Waals surface area contributed by atoms with Crippen LogP contribution in [0.2, 0.25) is 0 Å². The molecular weight excluding hydrogens is 402 g/mol. The number of amides is 2. The molecule has 7 nitrogen and oxygen atoms in total. The fourth-order valence-electron chi connectivity index (χ4n) is 3.16. The molecule has 1 aromatic carbocycles. The van der Waals surface area contributed by atoms with Crippen molar-refractivity contribution in [2.45, 2.75) is 64.5 Å². The number of nitrogens with one attached hydrogen (secondary N) is 2. The minimum absolute atomic E-state index is 0.156. The first-order valence-electron chi connectivity index (χ1n) is 10.4. The summed E-state index contributed by atoms with van der Waals surface area (Å²) in [5.74, 6) is -2.39. The molecule has 0 saturated heterocycles. The van der Waals surface area contributed by atoms with Gasteiger partial charge < -0.3 is 21.5 Å². The van der Waals surface area contributed by atoms with E-state index >= 15 is 0 Å². The third kappa shape index (κ3) is 9.00. The van der Waals surface area contributed by atoms with Crippen molar-refractivity contribution in [2.24, 2.45) is 11.7 Å². The number of carboxylic acids is 1. The van der Waals surface area contributed by atoms with Crippen molar-refractivity contribution in [3.63, 3.8) is 0 Å². The zero-order chi connectivity index (χ0) is 22.5. The highest BCUT2D eigenvalue weighted by atomic mass is 32.1. The fraction of sp³-hybridized carbons (Fsp3) is 0.545. The second kappa shape index (κ2) is 13.8. The van der Waals surface area contributed by atoms with Crippen molar-refractivity contribution in [1.82, 2.24) is 10.6 Å². The van der Waals surface area contributed by atoms with Crippen LogP contribution in [-0.4, -0.2) is 46.4 Å². The van der Waals surface area contributed by atoms with Crippen LogP contribution in [0.1, 0.15) is 51.5 Å². The zero-order valence-corrected chi connectivity index (χ0v) is 18.5. The molecule has 0 fully saturated rings. The number of unbranched alkanes of at least 4 members (excludes halogenated alkanes) is 1. The number of aliphatic carboxylic acids is 1. The molecule has 3 atom stereocenters. The number of carbonyl (C=O) groups is 3. The van der Waals surface area contributed by atoms with Crippen molar-refractivity contribution in [3.05, 3.63) is 35.9 Å². The Morgan fingerprint density at radius 3 is 2.20 bits per heavy atom. The van der Waals surface area contributed by atoms with E-state index in [1.54, 1.807) is 19.1 Å². The lowest BCUT2D eigenvalue weighted by Gasteiger charge is -2.24. The number of thiocarbonyl (C=S) groups is 1. The number of nitrogens with two attached hydrogens (primary N) is 1. The number of carbonyl (C=O) groups excluding carboxylic acids is 2. The van der Waals surface area contributed by atoms with Crippen LogP contribution < -0.4 is 16.4 Å². The molecule has 1 rings (SSSR count). The topological polar surface area (TPSA) is 122 Å². The smallest absolute Gasteiger partial charge is 0.326 e. The first kappa shape index (κ1) is 25.7. The third-order valence-electron chi connectivity index (χ3n) is 4.86. The third-order valence-corrected chi connectivity index (χ3v) is 5.15. The molecule has 3 unspecified atom stereocenters. The van der Waals surface area contributed by atoms with E-state index in [9.17, 15) is 19.5 Å². The van der Waals surface area contributed by atoms with Crippen molar-refractivity contribution in [2.75, 3.05) is 6.54 Å². The van der Waals surface area contributed by atoms with Crippen molar-refractivity contribution < 1.29 is 19.5 Å². The minimum Gasteiger partial charge on any atom is -0.480 e. The second-order valence-electron chi connectivity index (χ2n) is 7.39. The summed E-state index contributed by atoms with van der Waals surface area (Å²) in [6.45, 7) is 4.16. The van der Waals surface area contributed by atoms with Gasteiger partial charge in [0.1, 0.15) is 12.1 Å². The van der Waals surface area contributed by atoms with Gasteiger partial charge in [0.2, 0.25) is 11.8 Å². The van der Waals surface area contributed by atoms with Crippen LogP contribution in [0.3, 0.4) is 0 Å². The first-order valence-corrected chi connectivity index (χ1v) is 10.8.